The molecule has 3 nitrogen and oxygen atoms in total. The van der Waals surface area contributed by atoms with Crippen LogP contribution in [0, 0.1) is 7.43 Å². The van der Waals surface area contributed by atoms with Crippen LogP contribution in [0.1, 0.15) is 20.8 Å². The molecule has 2 aromatic carbocycles. The van der Waals surface area contributed by atoms with Crippen LogP contribution in [0.5, 0.6) is 0 Å². The van der Waals surface area contributed by atoms with Gasteiger partial charge in [-0.3, -0.25) is 9.97 Å². The monoisotopic (exact) mass is 580 g/mol. The van der Waals surface area contributed by atoms with Gasteiger partial charge in [0.25, 0.3) is 0 Å². The van der Waals surface area contributed by atoms with E-state index in [1.807, 2.05) is 106 Å². The molecule has 180 valence electrons. The predicted molar refractivity (Wildman–Crippen MR) is 145 cm³/mol. The Morgan fingerprint density at radius 1 is 0.618 bits per heavy atom. The van der Waals surface area contributed by atoms with E-state index in [2.05, 4.69) is 43.6 Å². The van der Waals surface area contributed by atoms with Crippen LogP contribution in [0.4, 0.5) is 0 Å². The zero-order chi connectivity index (χ0) is 23.9. The number of nitrogens with zero attached hydrogens (tertiary/aromatic N) is 3. The Labute approximate surface area is 217 Å². The standard InChI is InChI=1S/2C11H9N.C5H9N.CH3.2ClH.Ru/c2*1-2-4-10(5-3-1)11-6-8-12-9-7-11;1-5(2,3)6-4;;;;/h2*1-9H;1-3H3;1H3;2*1H;/q;;;-1;;;+2/p-2. The second-order valence-corrected chi connectivity index (χ2v) is 13.0. The first-order valence-corrected chi connectivity index (χ1v) is 15.6. The molecule has 0 bridgehead atoms. The van der Waals surface area contributed by atoms with Crippen molar-refractivity contribution in [3.8, 4) is 22.3 Å². The van der Waals surface area contributed by atoms with Crippen molar-refractivity contribution in [2.75, 3.05) is 0 Å². The van der Waals surface area contributed by atoms with Crippen molar-refractivity contribution in [1.29, 1.82) is 0 Å². The molecule has 4 rings (SSSR count). The first-order valence-electron chi connectivity index (χ1n) is 10.2. The maximum absolute atomic E-state index is 5.49. The number of hydrogen-bond donors (Lipinski definition) is 0. The van der Waals surface area contributed by atoms with Crippen LogP contribution in [-0.4, -0.2) is 19.9 Å². The summed E-state index contributed by atoms with van der Waals surface area (Å²) in [5.74, 6) is 0. The van der Waals surface area contributed by atoms with Crippen molar-refractivity contribution in [1.82, 2.24) is 9.97 Å². The van der Waals surface area contributed by atoms with Gasteiger partial charge in [0, 0.05) is 24.8 Å². The van der Waals surface area contributed by atoms with Gasteiger partial charge in [0.1, 0.15) is 0 Å². The fourth-order valence-electron chi connectivity index (χ4n) is 2.50. The second-order valence-electron chi connectivity index (χ2n) is 7.75. The first-order chi connectivity index (χ1) is 15.8. The summed E-state index contributed by atoms with van der Waals surface area (Å²) in [6.45, 7) is 5.93. The molecular formula is C28H30Cl2N3Ru-. The Morgan fingerprint density at radius 3 is 1.21 bits per heavy atom. The van der Waals surface area contributed by atoms with E-state index in [9.17, 15) is 0 Å². The molecule has 4 aromatic rings. The number of hydrogen-bond acceptors (Lipinski definition) is 3. The summed E-state index contributed by atoms with van der Waals surface area (Å²) in [5, 5.41) is 0. The quantitative estimate of drug-likeness (QED) is 0.135. The Balaban J connectivity index is 0.000000255. The third-order valence-electron chi connectivity index (χ3n) is 4.01. The normalized spacial score (nSPS) is 10.1. The van der Waals surface area contributed by atoms with Gasteiger partial charge in [0.15, 0.2) is 0 Å². The fraction of sp³-hybridized carbons (Fsp3) is 0.143. The van der Waals surface area contributed by atoms with Gasteiger partial charge in [-0.25, -0.2) is 0 Å². The van der Waals surface area contributed by atoms with E-state index in [0.29, 0.717) is 0 Å². The average Bonchev–Trinajstić information content (AvgIpc) is 2.85. The molecule has 0 fully saturated rings. The Bertz CT molecular complexity index is 972. The molecule has 0 atom stereocenters. The van der Waals surface area contributed by atoms with Crippen molar-refractivity contribution in [2.45, 2.75) is 26.3 Å². The van der Waals surface area contributed by atoms with E-state index in [-0.39, 0.29) is 13.0 Å². The molecular weight excluding hydrogens is 550 g/mol. The van der Waals surface area contributed by atoms with Crippen LogP contribution in [-0.2, 0) is 13.5 Å². The van der Waals surface area contributed by atoms with Crippen molar-refractivity contribution < 1.29 is 13.5 Å². The van der Waals surface area contributed by atoms with E-state index in [1.165, 1.54) is 22.3 Å². The third kappa shape index (κ3) is 12.7. The van der Waals surface area contributed by atoms with Gasteiger partial charge in [-0.05, 0) is 46.5 Å². The molecule has 2 aromatic heterocycles. The fourth-order valence-corrected chi connectivity index (χ4v) is 3.58. The molecule has 2 heterocycles. The number of aliphatic imine (C=N–C) groups is 1. The summed E-state index contributed by atoms with van der Waals surface area (Å²) in [5.41, 5.74) is 4.81. The molecule has 0 aliphatic carbocycles. The van der Waals surface area contributed by atoms with Gasteiger partial charge >= 0.3 is 68.6 Å². The molecule has 6 heteroatoms. The van der Waals surface area contributed by atoms with E-state index < -0.39 is 13.5 Å². The van der Waals surface area contributed by atoms with Crippen molar-refractivity contribution in [3.63, 3.8) is 0 Å². The van der Waals surface area contributed by atoms with Crippen LogP contribution >= 0.6 is 19.4 Å². The van der Waals surface area contributed by atoms with Crippen LogP contribution < -0.4 is 0 Å². The Kier molecular flexibility index (Phi) is 14.1. The van der Waals surface area contributed by atoms with E-state index in [4.69, 9.17) is 19.4 Å². The maximum Gasteiger partial charge on any atom is 0.0273 e. The second kappa shape index (κ2) is 16.2. The minimum atomic E-state index is -1.78. The summed E-state index contributed by atoms with van der Waals surface area (Å²) < 4.78 is 2.68. The zero-order valence-electron chi connectivity index (χ0n) is 19.8. The molecule has 0 aliphatic heterocycles. The SMILES string of the molecule is CC(C)(C)N=[C]=[Ru]([Cl])[Cl].[CH3-].c1ccc(-c2ccncc2)cc1.c1ccc(-c2ccncc2)cc1. The summed E-state index contributed by atoms with van der Waals surface area (Å²) in [6.07, 6.45) is 7.23. The van der Waals surface area contributed by atoms with Gasteiger partial charge < -0.3 is 7.43 Å². The summed E-state index contributed by atoms with van der Waals surface area (Å²) in [6, 6.07) is 28.6. The Morgan fingerprint density at radius 2 is 0.941 bits per heavy atom. The molecule has 0 saturated heterocycles. The largest absolute Gasteiger partial charge is 0.358 e. The molecule has 0 spiro atoms. The zero-order valence-corrected chi connectivity index (χ0v) is 23.1. The Hall–Kier alpha value is -2.48. The summed E-state index contributed by atoms with van der Waals surface area (Å²) in [4.78, 5) is 11.9. The molecule has 0 saturated carbocycles. The predicted octanol–water partition coefficient (Wildman–Crippen LogP) is 8.56. The average molecular weight is 581 g/mol. The van der Waals surface area contributed by atoms with Crippen molar-refractivity contribution in [3.05, 3.63) is 117 Å². The maximum atomic E-state index is 5.49. The van der Waals surface area contributed by atoms with Crippen molar-refractivity contribution in [2.24, 2.45) is 4.99 Å². The van der Waals surface area contributed by atoms with Crippen LogP contribution in [0.15, 0.2) is 115 Å². The molecule has 0 aliphatic rings. The van der Waals surface area contributed by atoms with E-state index in [0.717, 1.165) is 0 Å². The van der Waals surface area contributed by atoms with Gasteiger partial charge in [0.05, 0.1) is 0 Å². The van der Waals surface area contributed by atoms with Crippen LogP contribution in [0.25, 0.3) is 22.3 Å². The number of pyridine rings is 2. The molecule has 0 N–H and O–H groups in total. The van der Waals surface area contributed by atoms with Crippen LogP contribution in [0.3, 0.4) is 0 Å². The van der Waals surface area contributed by atoms with Gasteiger partial charge in [-0.1, -0.05) is 60.7 Å². The molecule has 0 unspecified atom stereocenters. The minimum Gasteiger partial charge on any atom is -0.358 e. The first kappa shape index (κ1) is 29.6. The number of halogens is 2. The third-order valence-corrected chi connectivity index (χ3v) is 5.20. The number of benzene rings is 2. The molecule has 34 heavy (non-hydrogen) atoms. The van der Waals surface area contributed by atoms with Gasteiger partial charge in [-0.2, -0.15) is 0 Å². The summed E-state index contributed by atoms with van der Waals surface area (Å²) >= 11 is -1.78. The van der Waals surface area contributed by atoms with E-state index >= 15 is 0 Å². The smallest absolute Gasteiger partial charge is 0.0273 e. The van der Waals surface area contributed by atoms with Gasteiger partial charge in [0.2, 0.25) is 0 Å². The summed E-state index contributed by atoms with van der Waals surface area (Å²) in [7, 11) is 11.0. The van der Waals surface area contributed by atoms with Crippen molar-refractivity contribution >= 4 is 23.8 Å². The van der Waals surface area contributed by atoms with Crippen LogP contribution in [0.2, 0.25) is 0 Å². The minimum absolute atomic E-state index is 0. The topological polar surface area (TPSA) is 38.1 Å². The number of aromatic nitrogens is 2. The van der Waals surface area contributed by atoms with E-state index in [1.54, 1.807) is 0 Å². The number of rotatable bonds is 2. The molecule has 0 amide bonds. The van der Waals surface area contributed by atoms with Gasteiger partial charge in [-0.15, -0.1) is 0 Å². The molecule has 0 radical (unpaired) electrons.